The van der Waals surface area contributed by atoms with Crippen LogP contribution in [0.5, 0.6) is 0 Å². The van der Waals surface area contributed by atoms with Crippen LogP contribution in [0.3, 0.4) is 0 Å². The van der Waals surface area contributed by atoms with Gasteiger partial charge in [0.25, 0.3) is 5.91 Å². The van der Waals surface area contributed by atoms with Crippen LogP contribution in [0.2, 0.25) is 0 Å². The van der Waals surface area contributed by atoms with Crippen LogP contribution in [0.25, 0.3) is 0 Å². The van der Waals surface area contributed by atoms with E-state index < -0.39 is 5.97 Å². The summed E-state index contributed by atoms with van der Waals surface area (Å²) in [5.74, 6) is -1.29. The fraction of sp³-hybridized carbons (Fsp3) is 0.333. The molecule has 22 heavy (non-hydrogen) atoms. The molecule has 116 valence electrons. The Labute approximate surface area is 132 Å². The number of nitrogens with zero attached hydrogens (tertiary/aromatic N) is 2. The maximum Gasteiger partial charge on any atom is 0.347 e. The minimum atomic E-state index is -1.01. The van der Waals surface area contributed by atoms with Crippen molar-refractivity contribution < 1.29 is 14.7 Å². The highest BCUT2D eigenvalue weighted by atomic mass is 32.1. The standard InChI is InChI=1S/C15H17N3O3S/c1-3-9(4-2)11-12(14(20)21)22-15(17-11)18-13(19)10-6-5-7-16-8-10/h5-9H,3-4H2,1-2H3,(H,20,21)(H,17,18,19). The highest BCUT2D eigenvalue weighted by molar-refractivity contribution is 7.17. The Morgan fingerprint density at radius 3 is 2.64 bits per heavy atom. The molecular formula is C15H17N3O3S. The van der Waals surface area contributed by atoms with E-state index in [0.717, 1.165) is 24.2 Å². The van der Waals surface area contributed by atoms with Gasteiger partial charge in [0.2, 0.25) is 0 Å². The van der Waals surface area contributed by atoms with Crippen molar-refractivity contribution >= 4 is 28.3 Å². The van der Waals surface area contributed by atoms with Gasteiger partial charge in [-0.05, 0) is 25.0 Å². The summed E-state index contributed by atoms with van der Waals surface area (Å²) in [5, 5.41) is 12.3. The molecule has 2 aromatic rings. The number of aromatic nitrogens is 2. The van der Waals surface area contributed by atoms with E-state index in [4.69, 9.17) is 0 Å². The quantitative estimate of drug-likeness (QED) is 0.851. The van der Waals surface area contributed by atoms with Crippen LogP contribution < -0.4 is 5.32 Å². The van der Waals surface area contributed by atoms with Crippen LogP contribution in [-0.4, -0.2) is 27.0 Å². The first-order chi connectivity index (χ1) is 10.6. The first-order valence-electron chi connectivity index (χ1n) is 7.02. The Kier molecular flexibility index (Phi) is 5.21. The first kappa shape index (κ1) is 16.1. The van der Waals surface area contributed by atoms with E-state index in [1.807, 2.05) is 13.8 Å². The molecule has 0 aromatic carbocycles. The van der Waals surface area contributed by atoms with Crippen molar-refractivity contribution in [1.29, 1.82) is 0 Å². The van der Waals surface area contributed by atoms with Gasteiger partial charge in [-0.3, -0.25) is 15.1 Å². The average Bonchev–Trinajstić information content (AvgIpc) is 2.93. The number of rotatable bonds is 6. The molecule has 2 rings (SSSR count). The van der Waals surface area contributed by atoms with Crippen LogP contribution in [-0.2, 0) is 0 Å². The van der Waals surface area contributed by atoms with E-state index in [-0.39, 0.29) is 16.7 Å². The Bertz CT molecular complexity index is 666. The molecule has 0 atom stereocenters. The lowest BCUT2D eigenvalue weighted by molar-refractivity contribution is 0.0700. The minimum Gasteiger partial charge on any atom is -0.477 e. The summed E-state index contributed by atoms with van der Waals surface area (Å²) in [6.45, 7) is 3.99. The summed E-state index contributed by atoms with van der Waals surface area (Å²) in [4.78, 5) is 31.9. The Balaban J connectivity index is 2.27. The van der Waals surface area contributed by atoms with Crippen molar-refractivity contribution in [3.8, 4) is 0 Å². The van der Waals surface area contributed by atoms with Crippen LogP contribution in [0.15, 0.2) is 24.5 Å². The number of carbonyl (C=O) groups is 2. The zero-order chi connectivity index (χ0) is 16.1. The molecule has 0 bridgehead atoms. The number of carboxylic acid groups (broad SMARTS) is 1. The van der Waals surface area contributed by atoms with Gasteiger partial charge in [0.15, 0.2) is 5.13 Å². The number of aromatic carboxylic acids is 1. The van der Waals surface area contributed by atoms with Crippen molar-refractivity contribution in [3.05, 3.63) is 40.7 Å². The number of carboxylic acids is 1. The van der Waals surface area contributed by atoms with Gasteiger partial charge in [0, 0.05) is 18.3 Å². The summed E-state index contributed by atoms with van der Waals surface area (Å²) < 4.78 is 0. The molecule has 2 aromatic heterocycles. The van der Waals surface area contributed by atoms with Crippen molar-refractivity contribution in [2.24, 2.45) is 0 Å². The molecule has 0 aliphatic rings. The maximum absolute atomic E-state index is 12.1. The molecule has 7 heteroatoms. The second kappa shape index (κ2) is 7.13. The smallest absolute Gasteiger partial charge is 0.347 e. The average molecular weight is 319 g/mol. The van der Waals surface area contributed by atoms with Gasteiger partial charge < -0.3 is 5.11 Å². The molecule has 2 N–H and O–H groups in total. The van der Waals surface area contributed by atoms with E-state index in [9.17, 15) is 14.7 Å². The Hall–Kier alpha value is -2.28. The molecule has 0 fully saturated rings. The molecule has 0 aliphatic carbocycles. The summed E-state index contributed by atoms with van der Waals surface area (Å²) in [6.07, 6.45) is 4.63. The molecular weight excluding hydrogens is 302 g/mol. The molecule has 0 saturated heterocycles. The lowest BCUT2D eigenvalue weighted by atomic mass is 9.98. The van der Waals surface area contributed by atoms with Gasteiger partial charge in [-0.1, -0.05) is 25.2 Å². The van der Waals surface area contributed by atoms with Crippen molar-refractivity contribution in [3.63, 3.8) is 0 Å². The molecule has 0 aliphatic heterocycles. The van der Waals surface area contributed by atoms with E-state index in [1.54, 1.807) is 18.3 Å². The number of hydrogen-bond donors (Lipinski definition) is 2. The number of nitrogens with one attached hydrogen (secondary N) is 1. The van der Waals surface area contributed by atoms with Crippen LogP contribution in [0.1, 0.15) is 58.3 Å². The van der Waals surface area contributed by atoms with Gasteiger partial charge >= 0.3 is 5.97 Å². The van der Waals surface area contributed by atoms with Crippen LogP contribution in [0, 0.1) is 0 Å². The lowest BCUT2D eigenvalue weighted by Crippen LogP contribution is -2.12. The number of thiazole rings is 1. The van der Waals surface area contributed by atoms with E-state index >= 15 is 0 Å². The third-order valence-corrected chi connectivity index (χ3v) is 4.34. The van der Waals surface area contributed by atoms with Crippen molar-refractivity contribution in [2.45, 2.75) is 32.6 Å². The highest BCUT2D eigenvalue weighted by Gasteiger charge is 2.23. The van der Waals surface area contributed by atoms with Gasteiger partial charge in [-0.2, -0.15) is 0 Å². The van der Waals surface area contributed by atoms with Gasteiger partial charge in [-0.25, -0.2) is 9.78 Å². The SMILES string of the molecule is CCC(CC)c1nc(NC(=O)c2cccnc2)sc1C(=O)O. The topological polar surface area (TPSA) is 92.2 Å². The minimum absolute atomic E-state index is 0.0754. The summed E-state index contributed by atoms with van der Waals surface area (Å²) in [6, 6.07) is 3.30. The second-order valence-corrected chi connectivity index (χ2v) is 5.75. The predicted molar refractivity (Wildman–Crippen MR) is 84.6 cm³/mol. The molecule has 2 heterocycles. The monoisotopic (exact) mass is 319 g/mol. The van der Waals surface area contributed by atoms with Gasteiger partial charge in [0.1, 0.15) is 4.88 Å². The Morgan fingerprint density at radius 1 is 1.36 bits per heavy atom. The van der Waals surface area contributed by atoms with E-state index in [2.05, 4.69) is 15.3 Å². The van der Waals surface area contributed by atoms with E-state index in [1.165, 1.54) is 6.20 Å². The summed E-state index contributed by atoms with van der Waals surface area (Å²) >= 11 is 0.987. The fourth-order valence-corrected chi connectivity index (χ4v) is 3.04. The third kappa shape index (κ3) is 3.48. The molecule has 0 unspecified atom stereocenters. The molecule has 1 amide bonds. The predicted octanol–water partition coefficient (Wildman–Crippen LogP) is 3.39. The molecule has 0 spiro atoms. The second-order valence-electron chi connectivity index (χ2n) is 4.75. The number of pyridine rings is 1. The molecule has 6 nitrogen and oxygen atoms in total. The summed E-state index contributed by atoms with van der Waals surface area (Å²) in [5.41, 5.74) is 0.947. The number of amides is 1. The molecule has 0 saturated carbocycles. The summed E-state index contributed by atoms with van der Waals surface area (Å²) in [7, 11) is 0. The molecule has 0 radical (unpaired) electrons. The zero-order valence-electron chi connectivity index (χ0n) is 12.4. The van der Waals surface area contributed by atoms with Gasteiger partial charge in [0.05, 0.1) is 11.3 Å². The highest BCUT2D eigenvalue weighted by Crippen LogP contribution is 2.32. The zero-order valence-corrected chi connectivity index (χ0v) is 13.2. The largest absolute Gasteiger partial charge is 0.477 e. The van der Waals surface area contributed by atoms with Gasteiger partial charge in [-0.15, -0.1) is 0 Å². The first-order valence-corrected chi connectivity index (χ1v) is 7.83. The lowest BCUT2D eigenvalue weighted by Gasteiger charge is -2.09. The maximum atomic E-state index is 12.1. The normalized spacial score (nSPS) is 10.7. The fourth-order valence-electron chi connectivity index (χ4n) is 2.16. The number of hydrogen-bond acceptors (Lipinski definition) is 5. The Morgan fingerprint density at radius 2 is 2.09 bits per heavy atom. The number of anilines is 1. The van der Waals surface area contributed by atoms with Crippen molar-refractivity contribution in [1.82, 2.24) is 9.97 Å². The van der Waals surface area contributed by atoms with Crippen LogP contribution >= 0.6 is 11.3 Å². The van der Waals surface area contributed by atoms with Crippen LogP contribution in [0.4, 0.5) is 5.13 Å². The van der Waals surface area contributed by atoms with E-state index in [0.29, 0.717) is 16.4 Å². The number of carbonyl (C=O) groups excluding carboxylic acids is 1. The third-order valence-electron chi connectivity index (χ3n) is 3.36. The van der Waals surface area contributed by atoms with Crippen molar-refractivity contribution in [2.75, 3.05) is 5.32 Å².